The molecular formula is C22H34N4O3. The van der Waals surface area contributed by atoms with Crippen molar-refractivity contribution < 1.29 is 14.3 Å². The summed E-state index contributed by atoms with van der Waals surface area (Å²) in [5, 5.41) is 3.37. The number of benzene rings is 1. The van der Waals surface area contributed by atoms with Gasteiger partial charge in [-0.15, -0.1) is 0 Å². The van der Waals surface area contributed by atoms with Gasteiger partial charge in [0, 0.05) is 46.2 Å². The minimum atomic E-state index is 0.236. The lowest BCUT2D eigenvalue weighted by Gasteiger charge is -2.33. The number of nitrogens with zero attached hydrogens (tertiary/aromatic N) is 3. The van der Waals surface area contributed by atoms with Crippen LogP contribution in [0.5, 0.6) is 11.5 Å². The van der Waals surface area contributed by atoms with E-state index in [9.17, 15) is 4.79 Å². The molecule has 0 aromatic heterocycles. The minimum absolute atomic E-state index is 0.236. The van der Waals surface area contributed by atoms with Gasteiger partial charge in [-0.1, -0.05) is 6.92 Å². The van der Waals surface area contributed by atoms with E-state index in [1.54, 1.807) is 21.3 Å². The van der Waals surface area contributed by atoms with Crippen LogP contribution in [0, 0.1) is 5.92 Å². The Morgan fingerprint density at radius 1 is 1.17 bits per heavy atom. The largest absolute Gasteiger partial charge is 0.493 e. The van der Waals surface area contributed by atoms with Gasteiger partial charge in [0.15, 0.2) is 17.5 Å². The van der Waals surface area contributed by atoms with Crippen LogP contribution >= 0.6 is 0 Å². The standard InChI is InChI=1S/C22H34N4O3/c1-16-6-5-10-25(14-16)21(27)7-9-24-22(23-2)26-11-8-17-12-19(28-3)20(29-4)13-18(17)15-26/h12-13,16H,5-11,14-15H2,1-4H3,(H,23,24). The number of carbonyl (C=O) groups excluding carboxylic acids is 1. The third-order valence-corrected chi connectivity index (χ3v) is 5.86. The van der Waals surface area contributed by atoms with Gasteiger partial charge in [0.2, 0.25) is 5.91 Å². The SMILES string of the molecule is CN=C(NCCC(=O)N1CCCC(C)C1)N1CCc2cc(OC)c(OC)cc2C1. The second kappa shape index (κ2) is 9.85. The van der Waals surface area contributed by atoms with E-state index in [2.05, 4.69) is 34.3 Å². The molecule has 0 bridgehead atoms. The molecule has 1 unspecified atom stereocenters. The fraction of sp³-hybridized carbons (Fsp3) is 0.636. The zero-order chi connectivity index (χ0) is 20.8. The van der Waals surface area contributed by atoms with E-state index in [1.165, 1.54) is 17.5 Å². The molecule has 0 radical (unpaired) electrons. The van der Waals surface area contributed by atoms with E-state index in [0.29, 0.717) is 18.9 Å². The van der Waals surface area contributed by atoms with Crippen LogP contribution < -0.4 is 14.8 Å². The maximum Gasteiger partial charge on any atom is 0.224 e. The van der Waals surface area contributed by atoms with E-state index in [0.717, 1.165) is 56.5 Å². The summed E-state index contributed by atoms with van der Waals surface area (Å²) >= 11 is 0. The fourth-order valence-corrected chi connectivity index (χ4v) is 4.25. The minimum Gasteiger partial charge on any atom is -0.493 e. The number of hydrogen-bond donors (Lipinski definition) is 1. The molecule has 29 heavy (non-hydrogen) atoms. The van der Waals surface area contributed by atoms with Crippen molar-refractivity contribution in [2.45, 2.75) is 39.2 Å². The van der Waals surface area contributed by atoms with Crippen LogP contribution in [0.15, 0.2) is 17.1 Å². The van der Waals surface area contributed by atoms with Gasteiger partial charge in [-0.25, -0.2) is 0 Å². The Bertz CT molecular complexity index is 750. The van der Waals surface area contributed by atoms with Crippen molar-refractivity contribution in [3.63, 3.8) is 0 Å². The Kier molecular flexibility index (Phi) is 7.23. The zero-order valence-electron chi connectivity index (χ0n) is 18.2. The molecule has 3 rings (SSSR count). The van der Waals surface area contributed by atoms with Crippen molar-refractivity contribution in [2.24, 2.45) is 10.9 Å². The quantitative estimate of drug-likeness (QED) is 0.605. The molecule has 160 valence electrons. The number of hydrogen-bond acceptors (Lipinski definition) is 4. The highest BCUT2D eigenvalue weighted by molar-refractivity contribution is 5.81. The number of ether oxygens (including phenoxy) is 2. The lowest BCUT2D eigenvalue weighted by molar-refractivity contribution is -0.132. The molecular weight excluding hydrogens is 368 g/mol. The van der Waals surface area contributed by atoms with Crippen molar-refractivity contribution in [3.05, 3.63) is 23.3 Å². The monoisotopic (exact) mass is 402 g/mol. The van der Waals surface area contributed by atoms with Crippen LogP contribution in [0.4, 0.5) is 0 Å². The lowest BCUT2D eigenvalue weighted by Crippen LogP contribution is -2.45. The van der Waals surface area contributed by atoms with Gasteiger partial charge in [-0.3, -0.25) is 9.79 Å². The number of nitrogens with one attached hydrogen (secondary N) is 1. The molecule has 1 aromatic rings. The molecule has 1 aromatic carbocycles. The van der Waals surface area contributed by atoms with Crippen molar-refractivity contribution in [3.8, 4) is 11.5 Å². The van der Waals surface area contributed by atoms with Crippen LogP contribution in [0.1, 0.15) is 37.3 Å². The van der Waals surface area contributed by atoms with Crippen LogP contribution in [0.25, 0.3) is 0 Å². The number of fused-ring (bicyclic) bond motifs is 1. The molecule has 2 heterocycles. The van der Waals surface area contributed by atoms with Crippen LogP contribution in [0.2, 0.25) is 0 Å². The molecule has 0 spiro atoms. The Hall–Kier alpha value is -2.44. The first-order valence-electron chi connectivity index (χ1n) is 10.5. The summed E-state index contributed by atoms with van der Waals surface area (Å²) in [6, 6.07) is 4.12. The number of aliphatic imine (C=N–C) groups is 1. The van der Waals surface area contributed by atoms with Gasteiger partial charge in [0.25, 0.3) is 0 Å². The highest BCUT2D eigenvalue weighted by atomic mass is 16.5. The molecule has 1 N–H and O–H groups in total. The van der Waals surface area contributed by atoms with E-state index in [-0.39, 0.29) is 5.91 Å². The fourth-order valence-electron chi connectivity index (χ4n) is 4.25. The summed E-state index contributed by atoms with van der Waals surface area (Å²) in [5.41, 5.74) is 2.50. The highest BCUT2D eigenvalue weighted by Gasteiger charge is 2.23. The summed E-state index contributed by atoms with van der Waals surface area (Å²) < 4.78 is 10.9. The molecule has 7 heteroatoms. The van der Waals surface area contributed by atoms with Crippen molar-refractivity contribution in [1.82, 2.24) is 15.1 Å². The van der Waals surface area contributed by atoms with Gasteiger partial charge in [0.05, 0.1) is 14.2 Å². The molecule has 1 amide bonds. The molecule has 2 aliphatic rings. The molecule has 0 saturated carbocycles. The first-order valence-corrected chi connectivity index (χ1v) is 10.5. The summed E-state index contributed by atoms with van der Waals surface area (Å²) in [6.07, 6.45) is 3.76. The second-order valence-electron chi connectivity index (χ2n) is 7.96. The molecule has 1 atom stereocenters. The van der Waals surface area contributed by atoms with Crippen molar-refractivity contribution in [1.29, 1.82) is 0 Å². The summed E-state index contributed by atoms with van der Waals surface area (Å²) in [7, 11) is 5.11. The Morgan fingerprint density at radius 2 is 1.90 bits per heavy atom. The molecule has 2 aliphatic heterocycles. The third kappa shape index (κ3) is 5.14. The van der Waals surface area contributed by atoms with Crippen molar-refractivity contribution in [2.75, 3.05) is 47.4 Å². The lowest BCUT2D eigenvalue weighted by atomic mass is 9.99. The number of methoxy groups -OCH3 is 2. The molecule has 1 saturated heterocycles. The van der Waals surface area contributed by atoms with Gasteiger partial charge in [-0.05, 0) is 48.4 Å². The smallest absolute Gasteiger partial charge is 0.224 e. The topological polar surface area (TPSA) is 66.4 Å². The van der Waals surface area contributed by atoms with Gasteiger partial charge in [0.1, 0.15) is 0 Å². The van der Waals surface area contributed by atoms with Gasteiger partial charge in [-0.2, -0.15) is 0 Å². The average molecular weight is 403 g/mol. The Morgan fingerprint density at radius 3 is 2.55 bits per heavy atom. The number of rotatable bonds is 5. The Labute approximate surface area is 174 Å². The summed E-state index contributed by atoms with van der Waals surface area (Å²) in [4.78, 5) is 21.2. The zero-order valence-corrected chi connectivity index (χ0v) is 18.2. The molecule has 0 aliphatic carbocycles. The first kappa shape index (κ1) is 21.3. The van der Waals surface area contributed by atoms with Crippen LogP contribution in [-0.2, 0) is 17.8 Å². The molecule has 7 nitrogen and oxygen atoms in total. The molecule has 1 fully saturated rings. The van der Waals surface area contributed by atoms with Crippen molar-refractivity contribution >= 4 is 11.9 Å². The predicted molar refractivity (Wildman–Crippen MR) is 115 cm³/mol. The van der Waals surface area contributed by atoms with E-state index >= 15 is 0 Å². The average Bonchev–Trinajstić information content (AvgIpc) is 2.75. The Balaban J connectivity index is 1.55. The number of likely N-dealkylation sites (tertiary alicyclic amines) is 1. The number of amides is 1. The summed E-state index contributed by atoms with van der Waals surface area (Å²) in [6.45, 7) is 6.24. The van der Waals surface area contributed by atoms with E-state index in [4.69, 9.17) is 9.47 Å². The second-order valence-corrected chi connectivity index (χ2v) is 7.96. The number of piperidine rings is 1. The van der Waals surface area contributed by atoms with E-state index < -0.39 is 0 Å². The van der Waals surface area contributed by atoms with Crippen LogP contribution in [0.3, 0.4) is 0 Å². The number of carbonyl (C=O) groups is 1. The van der Waals surface area contributed by atoms with E-state index in [1.807, 2.05) is 4.90 Å². The predicted octanol–water partition coefficient (Wildman–Crippen LogP) is 2.29. The van der Waals surface area contributed by atoms with Crippen LogP contribution in [-0.4, -0.2) is 69.1 Å². The summed E-state index contributed by atoms with van der Waals surface area (Å²) in [5.74, 6) is 3.20. The highest BCUT2D eigenvalue weighted by Crippen LogP contribution is 2.33. The number of guanidine groups is 1. The third-order valence-electron chi connectivity index (χ3n) is 5.86. The maximum atomic E-state index is 12.5. The van der Waals surface area contributed by atoms with Gasteiger partial charge >= 0.3 is 0 Å². The normalized spacial score (nSPS) is 19.6. The first-order chi connectivity index (χ1) is 14.0. The van der Waals surface area contributed by atoms with Gasteiger partial charge < -0.3 is 24.6 Å². The maximum absolute atomic E-state index is 12.5.